The second kappa shape index (κ2) is 8.97. The van der Waals surface area contributed by atoms with Gasteiger partial charge in [-0.3, -0.25) is 19.4 Å². The average Bonchev–Trinajstić information content (AvgIpc) is 2.88. The van der Waals surface area contributed by atoms with Crippen molar-refractivity contribution in [2.24, 2.45) is 4.99 Å². The number of nitrogens with zero attached hydrogens (tertiary/aromatic N) is 3. The van der Waals surface area contributed by atoms with Crippen LogP contribution in [-0.4, -0.2) is 62.7 Å². The Labute approximate surface area is 177 Å². The topological polar surface area (TPSA) is 82.1 Å². The van der Waals surface area contributed by atoms with E-state index in [9.17, 15) is 13.2 Å². The number of amides is 1. The minimum Gasteiger partial charge on any atom is -0.341 e. The quantitative estimate of drug-likeness (QED) is 0.791. The van der Waals surface area contributed by atoms with Gasteiger partial charge >= 0.3 is 0 Å². The SMILES string of the molecule is O=C(CCN=C1NS(=O)(=O)c2ccccc21)N1CCCN(Cc2ccccc2)CC1. The van der Waals surface area contributed by atoms with Crippen LogP contribution in [0.3, 0.4) is 0 Å². The Balaban J connectivity index is 1.30. The number of nitrogens with one attached hydrogen (secondary N) is 1. The molecule has 0 saturated carbocycles. The number of amidine groups is 1. The van der Waals surface area contributed by atoms with Gasteiger partial charge in [0.15, 0.2) is 0 Å². The molecule has 0 unspecified atom stereocenters. The number of benzene rings is 2. The van der Waals surface area contributed by atoms with E-state index in [1.807, 2.05) is 23.1 Å². The Morgan fingerprint density at radius 1 is 0.967 bits per heavy atom. The molecule has 158 valence electrons. The fourth-order valence-electron chi connectivity index (χ4n) is 3.89. The fourth-order valence-corrected chi connectivity index (χ4v) is 5.14. The number of hydrogen-bond donors (Lipinski definition) is 1. The van der Waals surface area contributed by atoms with E-state index >= 15 is 0 Å². The molecule has 8 heteroatoms. The summed E-state index contributed by atoms with van der Waals surface area (Å²) in [7, 11) is -3.54. The lowest BCUT2D eigenvalue weighted by Gasteiger charge is -2.22. The Hall–Kier alpha value is -2.71. The van der Waals surface area contributed by atoms with Gasteiger partial charge in [0, 0.05) is 44.7 Å². The fraction of sp³-hybridized carbons (Fsp3) is 0.364. The molecular weight excluding hydrogens is 400 g/mol. The summed E-state index contributed by atoms with van der Waals surface area (Å²) in [6.07, 6.45) is 1.21. The lowest BCUT2D eigenvalue weighted by Crippen LogP contribution is -2.35. The number of aliphatic imine (C=N–C) groups is 1. The predicted molar refractivity (Wildman–Crippen MR) is 116 cm³/mol. The summed E-state index contributed by atoms with van der Waals surface area (Å²) in [5.74, 6) is 0.387. The first-order valence-electron chi connectivity index (χ1n) is 10.2. The summed E-state index contributed by atoms with van der Waals surface area (Å²) in [5, 5.41) is 0. The van der Waals surface area contributed by atoms with Gasteiger partial charge in [-0.2, -0.15) is 0 Å². The van der Waals surface area contributed by atoms with Crippen molar-refractivity contribution >= 4 is 21.8 Å². The second-order valence-corrected chi connectivity index (χ2v) is 9.23. The normalized spacial score (nSPS) is 19.9. The molecule has 2 heterocycles. The van der Waals surface area contributed by atoms with E-state index in [1.54, 1.807) is 24.3 Å². The molecule has 2 aromatic carbocycles. The summed E-state index contributed by atoms with van der Waals surface area (Å²) in [6, 6.07) is 17.1. The predicted octanol–water partition coefficient (Wildman–Crippen LogP) is 1.85. The van der Waals surface area contributed by atoms with Crippen LogP contribution in [-0.2, 0) is 21.4 Å². The van der Waals surface area contributed by atoms with Crippen LogP contribution in [0.15, 0.2) is 64.5 Å². The van der Waals surface area contributed by atoms with Crippen molar-refractivity contribution in [1.82, 2.24) is 14.5 Å². The zero-order valence-electron chi connectivity index (χ0n) is 16.8. The maximum absolute atomic E-state index is 12.7. The van der Waals surface area contributed by atoms with E-state index < -0.39 is 10.0 Å². The van der Waals surface area contributed by atoms with Crippen molar-refractivity contribution in [2.45, 2.75) is 24.3 Å². The summed E-state index contributed by atoms with van der Waals surface area (Å²) in [5.41, 5.74) is 1.85. The van der Waals surface area contributed by atoms with Crippen LogP contribution in [0.25, 0.3) is 0 Å². The van der Waals surface area contributed by atoms with Crippen molar-refractivity contribution in [3.63, 3.8) is 0 Å². The molecule has 1 N–H and O–H groups in total. The third kappa shape index (κ3) is 4.71. The van der Waals surface area contributed by atoms with Crippen molar-refractivity contribution in [3.05, 3.63) is 65.7 Å². The highest BCUT2D eigenvalue weighted by atomic mass is 32.2. The molecule has 1 amide bonds. The Morgan fingerprint density at radius 3 is 2.57 bits per heavy atom. The number of carbonyl (C=O) groups is 1. The molecule has 1 saturated heterocycles. The standard InChI is InChI=1S/C22H26N4O3S/c27-21(11-12-23-22-19-9-4-5-10-20(19)30(28,29)24-22)26-14-6-13-25(15-16-26)17-18-7-2-1-3-8-18/h1-5,7-10H,6,11-17H2,(H,23,24). The molecule has 7 nitrogen and oxygen atoms in total. The van der Waals surface area contributed by atoms with Crippen molar-refractivity contribution in [3.8, 4) is 0 Å². The zero-order valence-corrected chi connectivity index (χ0v) is 17.6. The minimum absolute atomic E-state index is 0.0649. The van der Waals surface area contributed by atoms with Gasteiger partial charge in [0.25, 0.3) is 10.0 Å². The summed E-state index contributed by atoms with van der Waals surface area (Å²) >= 11 is 0. The molecule has 0 radical (unpaired) electrons. The third-order valence-corrected chi connectivity index (χ3v) is 6.85. The van der Waals surface area contributed by atoms with Gasteiger partial charge in [0.1, 0.15) is 5.84 Å². The third-order valence-electron chi connectivity index (χ3n) is 5.45. The molecule has 30 heavy (non-hydrogen) atoms. The molecule has 0 aliphatic carbocycles. The van der Waals surface area contributed by atoms with Crippen LogP contribution in [0, 0.1) is 0 Å². The number of hydrogen-bond acceptors (Lipinski definition) is 5. The van der Waals surface area contributed by atoms with Gasteiger partial charge in [0.2, 0.25) is 5.91 Å². The van der Waals surface area contributed by atoms with Gasteiger partial charge < -0.3 is 4.90 Å². The number of rotatable bonds is 5. The van der Waals surface area contributed by atoms with Crippen LogP contribution < -0.4 is 4.72 Å². The molecule has 2 aromatic rings. The van der Waals surface area contributed by atoms with E-state index in [2.05, 4.69) is 26.7 Å². The smallest absolute Gasteiger partial charge is 0.263 e. The molecular formula is C22H26N4O3S. The van der Waals surface area contributed by atoms with Crippen LogP contribution >= 0.6 is 0 Å². The van der Waals surface area contributed by atoms with Crippen LogP contribution in [0.4, 0.5) is 0 Å². The number of sulfonamides is 1. The first-order valence-corrected chi connectivity index (χ1v) is 11.7. The lowest BCUT2D eigenvalue weighted by molar-refractivity contribution is -0.130. The minimum atomic E-state index is -3.54. The van der Waals surface area contributed by atoms with Crippen LogP contribution in [0.1, 0.15) is 24.0 Å². The Kier molecular flexibility index (Phi) is 6.15. The molecule has 2 aliphatic heterocycles. The highest BCUT2D eigenvalue weighted by Crippen LogP contribution is 2.22. The van der Waals surface area contributed by atoms with Crippen molar-refractivity contribution < 1.29 is 13.2 Å². The van der Waals surface area contributed by atoms with Crippen molar-refractivity contribution in [2.75, 3.05) is 32.7 Å². The van der Waals surface area contributed by atoms with Gasteiger partial charge in [-0.15, -0.1) is 0 Å². The van der Waals surface area contributed by atoms with Gasteiger partial charge in [0.05, 0.1) is 11.4 Å². The lowest BCUT2D eigenvalue weighted by atomic mass is 10.2. The molecule has 0 bridgehead atoms. The van der Waals surface area contributed by atoms with Gasteiger partial charge in [-0.05, 0) is 24.1 Å². The van der Waals surface area contributed by atoms with Crippen LogP contribution in [0.5, 0.6) is 0 Å². The molecule has 0 aromatic heterocycles. The Morgan fingerprint density at radius 2 is 1.73 bits per heavy atom. The maximum atomic E-state index is 12.7. The summed E-state index contributed by atoms with van der Waals surface area (Å²) in [4.78, 5) is 21.5. The van der Waals surface area contributed by atoms with Crippen LogP contribution in [0.2, 0.25) is 0 Å². The van der Waals surface area contributed by atoms with E-state index in [1.165, 1.54) is 5.56 Å². The number of carbonyl (C=O) groups excluding carboxylic acids is 1. The van der Waals surface area contributed by atoms with Crippen molar-refractivity contribution in [1.29, 1.82) is 0 Å². The average molecular weight is 427 g/mol. The van der Waals surface area contributed by atoms with E-state index in [4.69, 9.17) is 0 Å². The van der Waals surface area contributed by atoms with E-state index in [-0.39, 0.29) is 23.8 Å². The molecule has 2 aliphatic rings. The van der Waals surface area contributed by atoms with E-state index in [0.29, 0.717) is 17.9 Å². The molecule has 1 fully saturated rings. The number of fused-ring (bicyclic) bond motifs is 1. The summed E-state index contributed by atoms with van der Waals surface area (Å²) < 4.78 is 26.8. The molecule has 0 atom stereocenters. The monoisotopic (exact) mass is 426 g/mol. The molecule has 4 rings (SSSR count). The maximum Gasteiger partial charge on any atom is 0.263 e. The zero-order chi connectivity index (χ0) is 21.0. The summed E-state index contributed by atoms with van der Waals surface area (Å²) in [6.45, 7) is 4.43. The first kappa shape index (κ1) is 20.6. The van der Waals surface area contributed by atoms with E-state index in [0.717, 1.165) is 32.6 Å². The molecule has 0 spiro atoms. The second-order valence-electron chi connectivity index (χ2n) is 7.58. The highest BCUT2D eigenvalue weighted by Gasteiger charge is 2.30. The van der Waals surface area contributed by atoms with Gasteiger partial charge in [-0.25, -0.2) is 8.42 Å². The largest absolute Gasteiger partial charge is 0.341 e. The van der Waals surface area contributed by atoms with Gasteiger partial charge in [-0.1, -0.05) is 42.5 Å². The Bertz CT molecular complexity index is 1040. The highest BCUT2D eigenvalue weighted by molar-refractivity contribution is 7.90. The first-order chi connectivity index (χ1) is 14.5.